The highest BCUT2D eigenvalue weighted by Gasteiger charge is 2.55. The van der Waals surface area contributed by atoms with E-state index in [9.17, 15) is 10.4 Å². The van der Waals surface area contributed by atoms with Crippen LogP contribution in [0.15, 0.2) is 18.2 Å². The van der Waals surface area contributed by atoms with Crippen LogP contribution in [0.25, 0.3) is 0 Å². The van der Waals surface area contributed by atoms with Crippen molar-refractivity contribution in [3.05, 3.63) is 29.3 Å². The number of fused-ring (bicyclic) bond motifs is 1. The molecule has 2 aliphatic carbocycles. The number of benzene rings is 1. The minimum atomic E-state index is -1.02. The molecule has 3 heteroatoms. The molecule has 3 rings (SSSR count). The summed E-state index contributed by atoms with van der Waals surface area (Å²) in [5.74, 6) is 1.41. The van der Waals surface area contributed by atoms with E-state index >= 15 is 0 Å². The molecule has 0 amide bonds. The summed E-state index contributed by atoms with van der Waals surface area (Å²) in [6.45, 7) is 2.23. The van der Waals surface area contributed by atoms with E-state index in [0.29, 0.717) is 12.3 Å². The lowest BCUT2D eigenvalue weighted by atomic mass is 9.60. The molecule has 1 atom stereocenters. The Bertz CT molecular complexity index is 581. The van der Waals surface area contributed by atoms with Crippen molar-refractivity contribution >= 4 is 0 Å². The highest BCUT2D eigenvalue weighted by Crippen LogP contribution is 2.56. The summed E-state index contributed by atoms with van der Waals surface area (Å²) in [6, 6.07) is 8.41. The van der Waals surface area contributed by atoms with Gasteiger partial charge in [0.15, 0.2) is 0 Å². The van der Waals surface area contributed by atoms with Gasteiger partial charge in [-0.2, -0.15) is 5.26 Å². The molecule has 0 heterocycles. The summed E-state index contributed by atoms with van der Waals surface area (Å²) in [6.07, 6.45) is 5.12. The van der Waals surface area contributed by atoms with Gasteiger partial charge in [0, 0.05) is 0 Å². The van der Waals surface area contributed by atoms with Gasteiger partial charge < -0.3 is 9.84 Å². The van der Waals surface area contributed by atoms with Gasteiger partial charge in [0.05, 0.1) is 18.6 Å². The molecule has 0 radical (unpaired) electrons. The first kappa shape index (κ1) is 14.4. The SMILES string of the molecule is COc1ccc2c(c1)C(O)(C1(C#N)CCC(C)CC1)CC2. The van der Waals surface area contributed by atoms with Crippen molar-refractivity contribution in [2.24, 2.45) is 11.3 Å². The van der Waals surface area contributed by atoms with E-state index in [0.717, 1.165) is 49.0 Å². The number of aliphatic hydroxyl groups is 1. The number of aryl methyl sites for hydroxylation is 1. The summed E-state index contributed by atoms with van der Waals surface area (Å²) in [7, 11) is 1.64. The maximum atomic E-state index is 11.4. The van der Waals surface area contributed by atoms with Crippen LogP contribution in [0.3, 0.4) is 0 Å². The van der Waals surface area contributed by atoms with E-state index in [1.54, 1.807) is 7.11 Å². The molecule has 21 heavy (non-hydrogen) atoms. The van der Waals surface area contributed by atoms with Crippen LogP contribution in [0.1, 0.15) is 50.2 Å². The predicted octanol–water partition coefficient (Wildman–Crippen LogP) is 3.55. The summed E-state index contributed by atoms with van der Waals surface area (Å²) >= 11 is 0. The maximum Gasteiger partial charge on any atom is 0.119 e. The van der Waals surface area contributed by atoms with Crippen molar-refractivity contribution in [2.45, 2.75) is 51.0 Å². The molecule has 0 aliphatic heterocycles. The third-order valence-corrected chi connectivity index (χ3v) is 5.65. The fraction of sp³-hybridized carbons (Fsp3) is 0.611. The van der Waals surface area contributed by atoms with E-state index in [2.05, 4.69) is 13.0 Å². The zero-order chi connectivity index (χ0) is 15.1. The Kier molecular flexibility index (Phi) is 3.45. The van der Waals surface area contributed by atoms with E-state index < -0.39 is 11.0 Å². The van der Waals surface area contributed by atoms with Crippen LogP contribution in [0, 0.1) is 22.7 Å². The molecule has 1 aromatic rings. The van der Waals surface area contributed by atoms with Gasteiger partial charge in [-0.05, 0) is 67.7 Å². The van der Waals surface area contributed by atoms with Crippen LogP contribution in [-0.4, -0.2) is 12.2 Å². The summed E-state index contributed by atoms with van der Waals surface area (Å²) in [4.78, 5) is 0. The van der Waals surface area contributed by atoms with E-state index in [1.165, 1.54) is 0 Å². The Morgan fingerprint density at radius 2 is 2.00 bits per heavy atom. The van der Waals surface area contributed by atoms with Gasteiger partial charge in [-0.25, -0.2) is 0 Å². The summed E-state index contributed by atoms with van der Waals surface area (Å²) in [5.41, 5.74) is 0.410. The zero-order valence-electron chi connectivity index (χ0n) is 12.9. The van der Waals surface area contributed by atoms with E-state index in [-0.39, 0.29) is 0 Å². The first-order chi connectivity index (χ1) is 10.0. The molecular formula is C18H23NO2. The lowest BCUT2D eigenvalue weighted by Gasteiger charge is -2.44. The maximum absolute atomic E-state index is 11.4. The molecule has 0 bridgehead atoms. The number of rotatable bonds is 2. The molecule has 0 spiro atoms. The van der Waals surface area contributed by atoms with Crippen molar-refractivity contribution in [3.63, 3.8) is 0 Å². The second-order valence-corrected chi connectivity index (χ2v) is 6.76. The van der Waals surface area contributed by atoms with Gasteiger partial charge in [0.1, 0.15) is 11.4 Å². The monoisotopic (exact) mass is 285 g/mol. The van der Waals surface area contributed by atoms with E-state index in [1.807, 2.05) is 18.2 Å². The minimum Gasteiger partial charge on any atom is -0.497 e. The predicted molar refractivity (Wildman–Crippen MR) is 80.9 cm³/mol. The molecule has 2 aliphatic rings. The number of methoxy groups -OCH3 is 1. The van der Waals surface area contributed by atoms with Gasteiger partial charge in [-0.3, -0.25) is 0 Å². The standard InChI is InChI=1S/C18H23NO2/c1-13-5-8-17(12-19,9-6-13)18(20)10-7-14-3-4-15(21-2)11-16(14)18/h3-4,11,13,20H,5-10H2,1-2H3. The van der Waals surface area contributed by atoms with Crippen molar-refractivity contribution in [1.82, 2.24) is 0 Å². The zero-order valence-corrected chi connectivity index (χ0v) is 12.9. The highest BCUT2D eigenvalue weighted by atomic mass is 16.5. The minimum absolute atomic E-state index is 0.642. The van der Waals surface area contributed by atoms with Crippen LogP contribution >= 0.6 is 0 Å². The number of nitrogens with zero attached hydrogens (tertiary/aromatic N) is 1. The van der Waals surface area contributed by atoms with Crippen LogP contribution in [0.2, 0.25) is 0 Å². The van der Waals surface area contributed by atoms with Gasteiger partial charge in [-0.15, -0.1) is 0 Å². The van der Waals surface area contributed by atoms with Gasteiger partial charge in [0.25, 0.3) is 0 Å². The summed E-state index contributed by atoms with van der Waals surface area (Å²) < 4.78 is 5.31. The first-order valence-electron chi connectivity index (χ1n) is 7.86. The molecule has 1 unspecified atom stereocenters. The molecule has 3 nitrogen and oxygen atoms in total. The highest BCUT2D eigenvalue weighted by molar-refractivity contribution is 5.45. The normalized spacial score (nSPS) is 35.0. The Hall–Kier alpha value is -1.53. The van der Waals surface area contributed by atoms with Crippen LogP contribution in [-0.2, 0) is 12.0 Å². The lowest BCUT2D eigenvalue weighted by Crippen LogP contribution is -2.45. The smallest absolute Gasteiger partial charge is 0.119 e. The first-order valence-corrected chi connectivity index (χ1v) is 7.86. The second kappa shape index (κ2) is 5.03. The average Bonchev–Trinajstić information content (AvgIpc) is 2.86. The van der Waals surface area contributed by atoms with Crippen molar-refractivity contribution in [3.8, 4) is 11.8 Å². The number of hydrogen-bond acceptors (Lipinski definition) is 3. The Balaban J connectivity index is 2.05. The van der Waals surface area contributed by atoms with Crippen molar-refractivity contribution < 1.29 is 9.84 Å². The molecular weight excluding hydrogens is 262 g/mol. The van der Waals surface area contributed by atoms with E-state index in [4.69, 9.17) is 4.74 Å². The molecule has 112 valence electrons. The Morgan fingerprint density at radius 1 is 1.29 bits per heavy atom. The summed E-state index contributed by atoms with van der Waals surface area (Å²) in [5, 5.41) is 21.3. The molecule has 1 N–H and O–H groups in total. The largest absolute Gasteiger partial charge is 0.497 e. The molecule has 1 saturated carbocycles. The van der Waals surface area contributed by atoms with Crippen LogP contribution < -0.4 is 4.74 Å². The van der Waals surface area contributed by atoms with Gasteiger partial charge in [0.2, 0.25) is 0 Å². The third kappa shape index (κ3) is 2.05. The van der Waals surface area contributed by atoms with Crippen LogP contribution in [0.5, 0.6) is 5.75 Å². The third-order valence-electron chi connectivity index (χ3n) is 5.65. The second-order valence-electron chi connectivity index (χ2n) is 6.76. The Labute approximate surface area is 126 Å². The quantitative estimate of drug-likeness (QED) is 0.904. The lowest BCUT2D eigenvalue weighted by molar-refractivity contribution is -0.0822. The van der Waals surface area contributed by atoms with Crippen LogP contribution in [0.4, 0.5) is 0 Å². The average molecular weight is 285 g/mol. The molecule has 1 aromatic carbocycles. The fourth-order valence-corrected chi connectivity index (χ4v) is 4.11. The van der Waals surface area contributed by atoms with Crippen molar-refractivity contribution in [2.75, 3.05) is 7.11 Å². The number of ether oxygens (including phenoxy) is 1. The number of hydrogen-bond donors (Lipinski definition) is 1. The van der Waals surface area contributed by atoms with Gasteiger partial charge >= 0.3 is 0 Å². The molecule has 0 saturated heterocycles. The van der Waals surface area contributed by atoms with Crippen molar-refractivity contribution in [1.29, 1.82) is 5.26 Å². The molecule has 1 fully saturated rings. The topological polar surface area (TPSA) is 53.2 Å². The number of nitriles is 1. The van der Waals surface area contributed by atoms with Gasteiger partial charge in [-0.1, -0.05) is 13.0 Å². The molecule has 0 aromatic heterocycles. The Morgan fingerprint density at radius 3 is 2.62 bits per heavy atom. The fourth-order valence-electron chi connectivity index (χ4n) is 4.11.